The van der Waals surface area contributed by atoms with Gasteiger partial charge in [-0.3, -0.25) is 0 Å². The van der Waals surface area contributed by atoms with Crippen LogP contribution in [0, 0.1) is 0 Å². The average molecular weight is 400 g/mol. The molecule has 0 aromatic heterocycles. The highest BCUT2D eigenvalue weighted by atomic mass is 35.5. The lowest BCUT2D eigenvalue weighted by Crippen LogP contribution is -2.24. The van der Waals surface area contributed by atoms with Crippen LogP contribution in [-0.4, -0.2) is 35.7 Å². The number of benzene rings is 2. The predicted molar refractivity (Wildman–Crippen MR) is 96.4 cm³/mol. The maximum Gasteiger partial charge on any atom is 0.339 e. The van der Waals surface area contributed by atoms with E-state index < -0.39 is 16.0 Å². The average Bonchev–Trinajstić information content (AvgIpc) is 2.65. The Balaban J connectivity index is 2.29. The normalized spacial score (nSPS) is 11.1. The first-order valence-corrected chi connectivity index (χ1v) is 9.27. The topological polar surface area (TPSA) is 90.9 Å². The van der Waals surface area contributed by atoms with E-state index in [9.17, 15) is 13.2 Å². The molecular weight excluding hydrogens is 382 g/mol. The van der Waals surface area contributed by atoms with E-state index in [1.54, 1.807) is 18.2 Å². The first kappa shape index (κ1) is 20.0. The van der Waals surface area contributed by atoms with Crippen molar-refractivity contribution < 1.29 is 27.4 Å². The van der Waals surface area contributed by atoms with E-state index >= 15 is 0 Å². The van der Waals surface area contributed by atoms with E-state index in [2.05, 4.69) is 9.46 Å². The smallest absolute Gasteiger partial charge is 0.339 e. The van der Waals surface area contributed by atoms with Gasteiger partial charge >= 0.3 is 5.97 Å². The summed E-state index contributed by atoms with van der Waals surface area (Å²) >= 11 is 5.92. The summed E-state index contributed by atoms with van der Waals surface area (Å²) in [4.78, 5) is 11.6. The molecule has 0 aliphatic rings. The molecule has 2 aromatic carbocycles. The van der Waals surface area contributed by atoms with Crippen LogP contribution < -0.4 is 14.2 Å². The molecular formula is C17H18ClNO6S. The minimum atomic E-state index is -3.90. The molecule has 1 N–H and O–H groups in total. The molecule has 0 amide bonds. The van der Waals surface area contributed by atoms with Crippen LogP contribution in [0.1, 0.15) is 15.9 Å². The lowest BCUT2D eigenvalue weighted by atomic mass is 10.2. The van der Waals surface area contributed by atoms with Gasteiger partial charge in [0.05, 0.1) is 36.8 Å². The van der Waals surface area contributed by atoms with E-state index in [0.717, 1.165) is 0 Å². The highest BCUT2D eigenvalue weighted by molar-refractivity contribution is 7.89. The summed E-state index contributed by atoms with van der Waals surface area (Å²) in [5.74, 6) is 0.362. The molecule has 7 nitrogen and oxygen atoms in total. The van der Waals surface area contributed by atoms with Crippen molar-refractivity contribution in [2.24, 2.45) is 0 Å². The molecule has 0 saturated carbocycles. The Morgan fingerprint density at radius 1 is 1.08 bits per heavy atom. The number of sulfonamides is 1. The van der Waals surface area contributed by atoms with Crippen LogP contribution in [0.5, 0.6) is 11.5 Å². The molecule has 0 heterocycles. The molecule has 140 valence electrons. The maximum absolute atomic E-state index is 12.6. The minimum Gasteiger partial charge on any atom is -0.497 e. The third-order valence-electron chi connectivity index (χ3n) is 3.59. The monoisotopic (exact) mass is 399 g/mol. The zero-order valence-electron chi connectivity index (χ0n) is 14.4. The zero-order chi connectivity index (χ0) is 19.3. The Kier molecular flexibility index (Phi) is 6.47. The fraction of sp³-hybridized carbons (Fsp3) is 0.235. The van der Waals surface area contributed by atoms with Crippen molar-refractivity contribution >= 4 is 27.6 Å². The maximum atomic E-state index is 12.6. The van der Waals surface area contributed by atoms with Crippen LogP contribution in [-0.2, 0) is 21.3 Å². The molecule has 0 spiro atoms. The second-order valence-corrected chi connectivity index (χ2v) is 7.31. The largest absolute Gasteiger partial charge is 0.497 e. The van der Waals surface area contributed by atoms with E-state index in [-0.39, 0.29) is 22.0 Å². The molecule has 0 aliphatic heterocycles. The summed E-state index contributed by atoms with van der Waals surface area (Å²) in [5.41, 5.74) is 0.564. The van der Waals surface area contributed by atoms with Crippen molar-refractivity contribution in [3.8, 4) is 11.5 Å². The number of methoxy groups -OCH3 is 3. The van der Waals surface area contributed by atoms with Gasteiger partial charge in [0.2, 0.25) is 10.0 Å². The van der Waals surface area contributed by atoms with Gasteiger partial charge in [-0.2, -0.15) is 0 Å². The van der Waals surface area contributed by atoms with Gasteiger partial charge in [0.1, 0.15) is 11.5 Å². The zero-order valence-corrected chi connectivity index (χ0v) is 16.0. The number of carbonyl (C=O) groups is 1. The highest BCUT2D eigenvalue weighted by Gasteiger charge is 2.19. The molecule has 0 atom stereocenters. The quantitative estimate of drug-likeness (QED) is 0.720. The molecule has 2 aromatic rings. The van der Waals surface area contributed by atoms with Gasteiger partial charge in [0.15, 0.2) is 0 Å². The Morgan fingerprint density at radius 2 is 1.81 bits per heavy atom. The number of hydrogen-bond donors (Lipinski definition) is 1. The minimum absolute atomic E-state index is 0.0289. The third-order valence-corrected chi connectivity index (χ3v) is 5.32. The Bertz CT molecular complexity index is 913. The van der Waals surface area contributed by atoms with Crippen LogP contribution >= 0.6 is 11.6 Å². The van der Waals surface area contributed by atoms with Crippen molar-refractivity contribution in [2.45, 2.75) is 11.4 Å². The van der Waals surface area contributed by atoms with Crippen molar-refractivity contribution in [1.82, 2.24) is 4.72 Å². The van der Waals surface area contributed by atoms with Gasteiger partial charge in [-0.1, -0.05) is 11.6 Å². The van der Waals surface area contributed by atoms with E-state index in [1.807, 2.05) is 0 Å². The van der Waals surface area contributed by atoms with Crippen molar-refractivity contribution in [3.63, 3.8) is 0 Å². The second kappa shape index (κ2) is 8.39. The van der Waals surface area contributed by atoms with Gasteiger partial charge < -0.3 is 14.2 Å². The fourth-order valence-corrected chi connectivity index (χ4v) is 3.44. The van der Waals surface area contributed by atoms with Crippen LogP contribution in [0.25, 0.3) is 0 Å². The number of nitrogens with one attached hydrogen (secondary N) is 1. The lowest BCUT2D eigenvalue weighted by Gasteiger charge is -2.12. The number of esters is 1. The van der Waals surface area contributed by atoms with E-state index in [1.165, 1.54) is 39.5 Å². The Labute approximate surface area is 156 Å². The summed E-state index contributed by atoms with van der Waals surface area (Å²) in [6.45, 7) is -0.0289. The van der Waals surface area contributed by atoms with Gasteiger partial charge in [0, 0.05) is 12.1 Å². The van der Waals surface area contributed by atoms with Crippen LogP contribution in [0.3, 0.4) is 0 Å². The van der Waals surface area contributed by atoms with Gasteiger partial charge in [-0.25, -0.2) is 17.9 Å². The van der Waals surface area contributed by atoms with Crippen molar-refractivity contribution in [2.75, 3.05) is 21.3 Å². The molecule has 0 saturated heterocycles. The van der Waals surface area contributed by atoms with Gasteiger partial charge in [-0.05, 0) is 36.4 Å². The number of carbonyl (C=O) groups excluding carboxylic acids is 1. The van der Waals surface area contributed by atoms with E-state index in [0.29, 0.717) is 17.1 Å². The Morgan fingerprint density at radius 3 is 2.42 bits per heavy atom. The molecule has 26 heavy (non-hydrogen) atoms. The van der Waals surface area contributed by atoms with Crippen LogP contribution in [0.4, 0.5) is 0 Å². The number of hydrogen-bond acceptors (Lipinski definition) is 6. The van der Waals surface area contributed by atoms with Gasteiger partial charge in [-0.15, -0.1) is 0 Å². The molecule has 0 radical (unpaired) electrons. The lowest BCUT2D eigenvalue weighted by molar-refractivity contribution is 0.0600. The standard InChI is InChI=1S/C17H18ClNO6S/c1-23-12-4-7-16(24-2)11(8-12)10-19-26(21,22)13-5-6-15(18)14(9-13)17(20)25-3/h4-9,19H,10H2,1-3H3. The molecule has 0 aliphatic carbocycles. The highest BCUT2D eigenvalue weighted by Crippen LogP contribution is 2.25. The molecule has 2 rings (SSSR count). The summed E-state index contributed by atoms with van der Waals surface area (Å²) in [5, 5.41) is 0.102. The van der Waals surface area contributed by atoms with Crippen molar-refractivity contribution in [1.29, 1.82) is 0 Å². The van der Waals surface area contributed by atoms with Crippen LogP contribution in [0.2, 0.25) is 5.02 Å². The first-order chi connectivity index (χ1) is 12.3. The molecule has 9 heteroatoms. The predicted octanol–water partition coefficient (Wildman–Crippen LogP) is 2.62. The molecule has 0 unspecified atom stereocenters. The van der Waals surface area contributed by atoms with Gasteiger partial charge in [0.25, 0.3) is 0 Å². The second-order valence-electron chi connectivity index (χ2n) is 5.14. The fourth-order valence-electron chi connectivity index (χ4n) is 2.21. The van der Waals surface area contributed by atoms with Crippen LogP contribution in [0.15, 0.2) is 41.3 Å². The summed E-state index contributed by atoms with van der Waals surface area (Å²) in [6, 6.07) is 8.86. The SMILES string of the molecule is COC(=O)c1cc(S(=O)(=O)NCc2cc(OC)ccc2OC)ccc1Cl. The Hall–Kier alpha value is -2.29. The summed E-state index contributed by atoms with van der Waals surface area (Å²) < 4.78 is 42.5. The third kappa shape index (κ3) is 4.46. The molecule has 0 bridgehead atoms. The first-order valence-electron chi connectivity index (χ1n) is 7.40. The van der Waals surface area contributed by atoms with E-state index in [4.69, 9.17) is 21.1 Å². The number of halogens is 1. The summed E-state index contributed by atoms with van der Waals surface area (Å²) in [6.07, 6.45) is 0. The molecule has 0 fully saturated rings. The van der Waals surface area contributed by atoms with Crippen molar-refractivity contribution in [3.05, 3.63) is 52.5 Å². The number of ether oxygens (including phenoxy) is 3. The number of rotatable bonds is 7. The summed E-state index contributed by atoms with van der Waals surface area (Å²) in [7, 11) is 0.290.